The van der Waals surface area contributed by atoms with Crippen LogP contribution >= 0.6 is 11.3 Å². The van der Waals surface area contributed by atoms with Crippen LogP contribution in [0.2, 0.25) is 0 Å². The molecule has 1 aliphatic heterocycles. The van der Waals surface area contributed by atoms with Gasteiger partial charge in [0.25, 0.3) is 11.5 Å². The number of nitrogens with one attached hydrogen (secondary N) is 1. The van der Waals surface area contributed by atoms with Gasteiger partial charge < -0.3 is 20.5 Å². The number of fused-ring (bicyclic) bond motifs is 2. The van der Waals surface area contributed by atoms with Crippen LogP contribution in [0.5, 0.6) is 0 Å². The number of carbonyl (C=O) groups excluding carboxylic acids is 1. The predicted molar refractivity (Wildman–Crippen MR) is 140 cm³/mol. The fourth-order valence-electron chi connectivity index (χ4n) is 4.85. The quantitative estimate of drug-likeness (QED) is 0.360. The second kappa shape index (κ2) is 8.71. The van der Waals surface area contributed by atoms with Crippen molar-refractivity contribution in [3.63, 3.8) is 0 Å². The molecule has 3 aromatic heterocycles. The molecular formula is C26H21F3N6O2S. The molecule has 12 heteroatoms. The minimum Gasteiger partial charge on any atom is -0.379 e. The van der Waals surface area contributed by atoms with E-state index in [0.29, 0.717) is 29.9 Å². The first kappa shape index (κ1) is 24.2. The van der Waals surface area contributed by atoms with Crippen LogP contribution in [0.1, 0.15) is 15.2 Å². The number of para-hydroxylation sites is 1. The van der Waals surface area contributed by atoms with E-state index in [1.807, 2.05) is 59.1 Å². The van der Waals surface area contributed by atoms with Gasteiger partial charge >= 0.3 is 6.18 Å². The summed E-state index contributed by atoms with van der Waals surface area (Å²) in [5, 5.41) is 3.48. The lowest BCUT2D eigenvalue weighted by atomic mass is 10.1. The van der Waals surface area contributed by atoms with Crippen LogP contribution < -0.4 is 16.6 Å². The summed E-state index contributed by atoms with van der Waals surface area (Å²) in [6, 6.07) is 15.9. The number of likely N-dealkylation sites (N-methyl/N-ethyl adjacent to an activating group) is 1. The van der Waals surface area contributed by atoms with Gasteiger partial charge in [-0.1, -0.05) is 24.3 Å². The van der Waals surface area contributed by atoms with Gasteiger partial charge in [0.05, 0.1) is 22.8 Å². The van der Waals surface area contributed by atoms with Gasteiger partial charge in [0.15, 0.2) is 5.82 Å². The number of benzene rings is 2. The van der Waals surface area contributed by atoms with Gasteiger partial charge in [-0.15, -0.1) is 11.3 Å². The van der Waals surface area contributed by atoms with Gasteiger partial charge in [-0.2, -0.15) is 13.2 Å². The van der Waals surface area contributed by atoms with E-state index in [2.05, 4.69) is 10.3 Å². The van der Waals surface area contributed by atoms with Gasteiger partial charge in [-0.25, -0.2) is 4.98 Å². The third kappa shape index (κ3) is 3.92. The molecule has 2 aromatic carbocycles. The average Bonchev–Trinajstić information content (AvgIpc) is 3.45. The van der Waals surface area contributed by atoms with Crippen molar-refractivity contribution in [1.82, 2.24) is 24.3 Å². The van der Waals surface area contributed by atoms with Gasteiger partial charge in [0.2, 0.25) is 0 Å². The summed E-state index contributed by atoms with van der Waals surface area (Å²) in [6.45, 7) is 1.07. The number of thiophene rings is 1. The summed E-state index contributed by atoms with van der Waals surface area (Å²) in [4.78, 5) is 31.4. The number of nitrogen functional groups attached to an aromatic ring is 1. The lowest BCUT2D eigenvalue weighted by Crippen LogP contribution is -2.57. The van der Waals surface area contributed by atoms with Crippen LogP contribution in [0.25, 0.3) is 32.6 Å². The van der Waals surface area contributed by atoms with Crippen molar-refractivity contribution in [2.24, 2.45) is 0 Å². The Morgan fingerprint density at radius 3 is 2.53 bits per heavy atom. The first-order chi connectivity index (χ1) is 18.1. The Hall–Kier alpha value is -4.16. The fraction of sp³-hybridized carbons (Fsp3) is 0.192. The molecule has 8 nitrogen and oxygen atoms in total. The highest BCUT2D eigenvalue weighted by atomic mass is 32.1. The van der Waals surface area contributed by atoms with Crippen molar-refractivity contribution in [3.8, 4) is 11.4 Å². The van der Waals surface area contributed by atoms with Crippen molar-refractivity contribution in [1.29, 1.82) is 0 Å². The van der Waals surface area contributed by atoms with Gasteiger partial charge in [-0.3, -0.25) is 14.2 Å². The molecule has 0 saturated carbocycles. The zero-order chi connectivity index (χ0) is 26.8. The second-order valence-electron chi connectivity index (χ2n) is 9.25. The van der Waals surface area contributed by atoms with E-state index in [9.17, 15) is 22.8 Å². The molecular weight excluding hydrogens is 517 g/mol. The number of amides is 1. The summed E-state index contributed by atoms with van der Waals surface area (Å²) in [7, 11) is 1.85. The van der Waals surface area contributed by atoms with E-state index >= 15 is 0 Å². The molecule has 0 atom stereocenters. The van der Waals surface area contributed by atoms with Crippen LogP contribution in [-0.4, -0.2) is 51.1 Å². The molecule has 0 bridgehead atoms. The summed E-state index contributed by atoms with van der Waals surface area (Å²) < 4.78 is 46.4. The van der Waals surface area contributed by atoms with E-state index in [1.54, 1.807) is 18.2 Å². The maximum atomic E-state index is 14.5. The summed E-state index contributed by atoms with van der Waals surface area (Å²) in [6.07, 6.45) is -3.09. The maximum absolute atomic E-state index is 14.5. The molecule has 1 saturated heterocycles. The molecule has 3 N–H and O–H groups in total. The average molecular weight is 539 g/mol. The fourth-order valence-corrected chi connectivity index (χ4v) is 5.94. The van der Waals surface area contributed by atoms with Crippen molar-refractivity contribution in [2.75, 3.05) is 25.9 Å². The standard InChI is InChI=1S/C26H21F3N6O2S/c1-33-12-15(13-33)31-23(36)21-19(26(27,28)29)20-24(38-21)32-22(30)25(37)35(20)17-8-7-14-9-10-34(18(14)11-17)16-5-3-2-4-6-16/h2-11,15H,12-13H2,1H3,(H2,30,32)(H,31,36). The largest absolute Gasteiger partial charge is 0.420 e. The van der Waals surface area contributed by atoms with Crippen LogP contribution in [0.3, 0.4) is 0 Å². The predicted octanol–water partition coefficient (Wildman–Crippen LogP) is 4.04. The molecule has 0 radical (unpaired) electrons. The number of rotatable bonds is 4. The lowest BCUT2D eigenvalue weighted by molar-refractivity contribution is -0.136. The Morgan fingerprint density at radius 2 is 1.84 bits per heavy atom. The molecule has 0 unspecified atom stereocenters. The van der Waals surface area contributed by atoms with Crippen molar-refractivity contribution >= 4 is 44.3 Å². The summed E-state index contributed by atoms with van der Waals surface area (Å²) in [5.74, 6) is -1.32. The smallest absolute Gasteiger partial charge is 0.379 e. The Labute approximate surface area is 217 Å². The summed E-state index contributed by atoms with van der Waals surface area (Å²) in [5.41, 5.74) is 4.99. The zero-order valence-corrected chi connectivity index (χ0v) is 20.8. The topological polar surface area (TPSA) is 98.2 Å². The maximum Gasteiger partial charge on any atom is 0.420 e. The molecule has 1 aliphatic rings. The highest BCUT2D eigenvalue weighted by Crippen LogP contribution is 2.42. The van der Waals surface area contributed by atoms with E-state index in [-0.39, 0.29) is 16.6 Å². The van der Waals surface area contributed by atoms with Crippen LogP contribution in [0.15, 0.2) is 65.6 Å². The Morgan fingerprint density at radius 1 is 1.11 bits per heavy atom. The van der Waals surface area contributed by atoms with E-state index in [1.165, 1.54) is 0 Å². The van der Waals surface area contributed by atoms with E-state index in [4.69, 9.17) is 5.73 Å². The SMILES string of the molecule is CN1CC(NC(=O)c2sc3nc(N)c(=O)n(-c4ccc5ccn(-c6ccccc6)c5c4)c3c2C(F)(F)F)C1. The molecule has 6 rings (SSSR count). The molecule has 5 aromatic rings. The van der Waals surface area contributed by atoms with Gasteiger partial charge in [-0.05, 0) is 37.4 Å². The number of hydrogen-bond donors (Lipinski definition) is 2. The lowest BCUT2D eigenvalue weighted by Gasteiger charge is -2.36. The number of alkyl halides is 3. The Balaban J connectivity index is 1.58. The third-order valence-corrected chi connectivity index (χ3v) is 7.66. The number of carbonyl (C=O) groups is 1. The van der Waals surface area contributed by atoms with Crippen LogP contribution in [0, 0.1) is 0 Å². The number of halogens is 3. The zero-order valence-electron chi connectivity index (χ0n) is 20.0. The van der Waals surface area contributed by atoms with Gasteiger partial charge in [0, 0.05) is 30.4 Å². The third-order valence-electron chi connectivity index (χ3n) is 6.59. The Kier molecular flexibility index (Phi) is 5.54. The molecule has 4 heterocycles. The number of likely N-dealkylation sites (tertiary alicyclic amines) is 1. The van der Waals surface area contributed by atoms with Crippen molar-refractivity contribution in [2.45, 2.75) is 12.2 Å². The molecule has 0 aliphatic carbocycles. The number of hydrogen-bond acceptors (Lipinski definition) is 6. The molecule has 194 valence electrons. The molecule has 0 spiro atoms. The normalized spacial score (nSPS) is 14.7. The highest BCUT2D eigenvalue weighted by Gasteiger charge is 2.42. The first-order valence-electron chi connectivity index (χ1n) is 11.7. The molecule has 1 fully saturated rings. The monoisotopic (exact) mass is 538 g/mol. The number of aromatic nitrogens is 3. The number of anilines is 1. The highest BCUT2D eigenvalue weighted by molar-refractivity contribution is 7.20. The second-order valence-corrected chi connectivity index (χ2v) is 10.3. The van der Waals surface area contributed by atoms with Crippen LogP contribution in [0.4, 0.5) is 19.0 Å². The number of nitrogens with two attached hydrogens (primary N) is 1. The number of nitrogens with zero attached hydrogens (tertiary/aromatic N) is 4. The van der Waals surface area contributed by atoms with Crippen molar-refractivity contribution in [3.05, 3.63) is 81.6 Å². The van der Waals surface area contributed by atoms with Crippen LogP contribution in [-0.2, 0) is 6.18 Å². The molecule has 1 amide bonds. The Bertz CT molecular complexity index is 1770. The molecule has 38 heavy (non-hydrogen) atoms. The minimum absolute atomic E-state index is 0.149. The first-order valence-corrected chi connectivity index (χ1v) is 12.5. The van der Waals surface area contributed by atoms with E-state index in [0.717, 1.165) is 15.6 Å². The minimum atomic E-state index is -4.93. The van der Waals surface area contributed by atoms with Crippen molar-refractivity contribution < 1.29 is 18.0 Å². The summed E-state index contributed by atoms with van der Waals surface area (Å²) >= 11 is 0.572. The van der Waals surface area contributed by atoms with Gasteiger partial charge in [0.1, 0.15) is 15.3 Å². The van der Waals surface area contributed by atoms with E-state index < -0.39 is 39.4 Å².